The lowest BCUT2D eigenvalue weighted by Gasteiger charge is -2.26. The number of carbonyl (C=O) groups is 1. The van der Waals surface area contributed by atoms with Crippen LogP contribution in [0.3, 0.4) is 0 Å². The number of carbonyl (C=O) groups excluding carboxylic acids is 1. The molecule has 168 valence electrons. The van der Waals surface area contributed by atoms with E-state index >= 15 is 0 Å². The first-order valence-corrected chi connectivity index (χ1v) is 11.3. The van der Waals surface area contributed by atoms with E-state index in [9.17, 15) is 4.79 Å². The number of aromatic nitrogens is 2. The Morgan fingerprint density at radius 1 is 1.16 bits per heavy atom. The maximum absolute atomic E-state index is 11.0. The third-order valence-electron chi connectivity index (χ3n) is 5.65. The van der Waals surface area contributed by atoms with Crippen molar-refractivity contribution in [3.63, 3.8) is 0 Å². The van der Waals surface area contributed by atoms with Crippen LogP contribution in [0.1, 0.15) is 12.0 Å². The number of nitrogens with two attached hydrogens (primary N) is 1. The van der Waals surface area contributed by atoms with Gasteiger partial charge in [0, 0.05) is 30.5 Å². The molecule has 2 aromatic heterocycles. The van der Waals surface area contributed by atoms with Gasteiger partial charge in [0.1, 0.15) is 0 Å². The fourth-order valence-electron chi connectivity index (χ4n) is 4.04. The van der Waals surface area contributed by atoms with Gasteiger partial charge in [-0.3, -0.25) is 9.30 Å². The van der Waals surface area contributed by atoms with E-state index in [4.69, 9.17) is 15.5 Å². The molecule has 1 aliphatic rings. The normalized spacial score (nSPS) is 14.5. The minimum atomic E-state index is -0.567. The molecule has 0 spiro atoms. The fraction of sp³-hybridized carbons (Fsp3) is 0.304. The molecule has 9 heteroatoms. The number of anilines is 1. The van der Waals surface area contributed by atoms with E-state index < -0.39 is 6.03 Å². The highest BCUT2D eigenvalue weighted by molar-refractivity contribution is 7.23. The number of fused-ring (bicyclic) bond motifs is 3. The van der Waals surface area contributed by atoms with Gasteiger partial charge in [-0.15, -0.1) is 12.4 Å². The lowest BCUT2D eigenvalue weighted by atomic mass is 10.1. The molecule has 7 nitrogen and oxygen atoms in total. The van der Waals surface area contributed by atoms with Crippen molar-refractivity contribution in [2.75, 3.05) is 38.2 Å². The molecule has 0 saturated carbocycles. The number of nitrogens with one attached hydrogen (secondary N) is 1. The van der Waals surface area contributed by atoms with Crippen molar-refractivity contribution in [1.82, 2.24) is 14.3 Å². The summed E-state index contributed by atoms with van der Waals surface area (Å²) in [5, 5.41) is 2.57. The molecule has 1 aliphatic heterocycles. The zero-order valence-electron chi connectivity index (χ0n) is 17.6. The summed E-state index contributed by atoms with van der Waals surface area (Å²) in [7, 11) is 0. The molecular formula is C23H26ClN5O2S. The van der Waals surface area contributed by atoms with Gasteiger partial charge in [0.25, 0.3) is 0 Å². The smallest absolute Gasteiger partial charge is 0.316 e. The van der Waals surface area contributed by atoms with E-state index in [0.29, 0.717) is 5.69 Å². The van der Waals surface area contributed by atoms with Gasteiger partial charge in [0.2, 0.25) is 0 Å². The molecule has 4 aromatic rings. The Morgan fingerprint density at radius 3 is 2.69 bits per heavy atom. The summed E-state index contributed by atoms with van der Waals surface area (Å²) in [4.78, 5) is 19.3. The van der Waals surface area contributed by atoms with Crippen molar-refractivity contribution >= 4 is 50.6 Å². The number of ether oxygens (including phenoxy) is 1. The van der Waals surface area contributed by atoms with Gasteiger partial charge in [0.15, 0.2) is 4.96 Å². The third-order valence-corrected chi connectivity index (χ3v) is 6.67. The SMILES string of the molecule is Cl.NC(=O)Nc1ccc(-c2cn3c(n2)sc2cc(CCCN4CCOCC4)ccc23)cc1. The van der Waals surface area contributed by atoms with Crippen molar-refractivity contribution in [1.29, 1.82) is 0 Å². The first-order chi connectivity index (χ1) is 15.2. The number of hydrogen-bond acceptors (Lipinski definition) is 5. The maximum atomic E-state index is 11.0. The molecule has 2 aromatic carbocycles. The molecule has 0 unspecified atom stereocenters. The number of urea groups is 1. The Bertz CT molecular complexity index is 1210. The number of thiazole rings is 1. The number of rotatable bonds is 6. The average molecular weight is 472 g/mol. The van der Waals surface area contributed by atoms with Crippen molar-refractivity contribution < 1.29 is 9.53 Å². The second-order valence-corrected chi connectivity index (χ2v) is 8.82. The number of benzene rings is 2. The molecule has 2 amide bonds. The van der Waals surface area contributed by atoms with Crippen molar-refractivity contribution in [2.45, 2.75) is 12.8 Å². The number of nitrogens with zero attached hydrogens (tertiary/aromatic N) is 3. The van der Waals surface area contributed by atoms with E-state index in [1.165, 1.54) is 22.2 Å². The van der Waals surface area contributed by atoms with E-state index in [2.05, 4.69) is 39.0 Å². The Hall–Kier alpha value is -2.65. The monoisotopic (exact) mass is 471 g/mol. The minimum absolute atomic E-state index is 0. The van der Waals surface area contributed by atoms with Crippen molar-refractivity contribution in [3.8, 4) is 11.3 Å². The summed E-state index contributed by atoms with van der Waals surface area (Å²) in [5.74, 6) is 0. The zero-order valence-corrected chi connectivity index (χ0v) is 19.3. The highest BCUT2D eigenvalue weighted by atomic mass is 35.5. The van der Waals surface area contributed by atoms with Gasteiger partial charge in [-0.2, -0.15) is 0 Å². The van der Waals surface area contributed by atoms with Crippen LogP contribution in [0.2, 0.25) is 0 Å². The van der Waals surface area contributed by atoms with Crippen LogP contribution < -0.4 is 11.1 Å². The molecule has 3 heterocycles. The lowest BCUT2D eigenvalue weighted by Crippen LogP contribution is -2.36. The molecule has 1 fully saturated rings. The summed E-state index contributed by atoms with van der Waals surface area (Å²) in [6.07, 6.45) is 4.33. The van der Waals surface area contributed by atoms with E-state index in [0.717, 1.165) is 55.5 Å². The van der Waals surface area contributed by atoms with E-state index in [-0.39, 0.29) is 12.4 Å². The highest BCUT2D eigenvalue weighted by Crippen LogP contribution is 2.30. The van der Waals surface area contributed by atoms with Crippen molar-refractivity contribution in [3.05, 3.63) is 54.2 Å². The molecule has 3 N–H and O–H groups in total. The first kappa shape index (κ1) is 22.5. The topological polar surface area (TPSA) is 84.9 Å². The van der Waals surface area contributed by atoms with Crippen LogP contribution in [0.25, 0.3) is 26.4 Å². The predicted molar refractivity (Wildman–Crippen MR) is 132 cm³/mol. The number of aryl methyl sites for hydroxylation is 1. The van der Waals surface area contributed by atoms with Crippen LogP contribution in [-0.4, -0.2) is 53.2 Å². The third kappa shape index (κ3) is 4.88. The second kappa shape index (κ2) is 9.87. The largest absolute Gasteiger partial charge is 0.379 e. The highest BCUT2D eigenvalue weighted by Gasteiger charge is 2.12. The van der Waals surface area contributed by atoms with Gasteiger partial charge < -0.3 is 15.8 Å². The number of primary amides is 1. The van der Waals surface area contributed by atoms with Crippen LogP contribution in [0.15, 0.2) is 48.7 Å². The number of amides is 2. The maximum Gasteiger partial charge on any atom is 0.316 e. The number of imidazole rings is 1. The molecule has 32 heavy (non-hydrogen) atoms. The summed E-state index contributed by atoms with van der Waals surface area (Å²) in [6, 6.07) is 13.7. The first-order valence-electron chi connectivity index (χ1n) is 10.5. The molecular weight excluding hydrogens is 446 g/mol. The fourth-order valence-corrected chi connectivity index (χ4v) is 5.11. The molecule has 0 aliphatic carbocycles. The van der Waals surface area contributed by atoms with E-state index in [1.54, 1.807) is 11.3 Å². The number of hydrogen-bond donors (Lipinski definition) is 2. The average Bonchev–Trinajstić information content (AvgIpc) is 3.32. The molecule has 5 rings (SSSR count). The van der Waals surface area contributed by atoms with Crippen LogP contribution in [0.5, 0.6) is 0 Å². The van der Waals surface area contributed by atoms with Gasteiger partial charge >= 0.3 is 6.03 Å². The van der Waals surface area contributed by atoms with Gasteiger partial charge in [0.05, 0.1) is 29.1 Å². The van der Waals surface area contributed by atoms with Crippen LogP contribution in [0, 0.1) is 0 Å². The van der Waals surface area contributed by atoms with Gasteiger partial charge in [-0.1, -0.05) is 29.5 Å². The molecule has 0 atom stereocenters. The summed E-state index contributed by atoms with van der Waals surface area (Å²) < 4.78 is 8.84. The number of morpholine rings is 1. The zero-order chi connectivity index (χ0) is 21.2. The van der Waals surface area contributed by atoms with Crippen molar-refractivity contribution in [2.24, 2.45) is 5.73 Å². The number of halogens is 1. The summed E-state index contributed by atoms with van der Waals surface area (Å²) >= 11 is 1.72. The standard InChI is InChI=1S/C23H25N5O2S.ClH/c24-22(29)25-18-6-4-17(5-7-18)19-15-28-20-8-3-16(14-21(20)31-23(28)26-19)2-1-9-27-10-12-30-13-11-27;/h3-8,14-15H,1-2,9-13H2,(H3,24,25,29);1H. The van der Waals surface area contributed by atoms with Crippen LogP contribution in [0.4, 0.5) is 10.5 Å². The molecule has 1 saturated heterocycles. The minimum Gasteiger partial charge on any atom is -0.379 e. The van der Waals surface area contributed by atoms with E-state index in [1.807, 2.05) is 24.3 Å². The summed E-state index contributed by atoms with van der Waals surface area (Å²) in [6.45, 7) is 4.95. The van der Waals surface area contributed by atoms with Crippen LogP contribution >= 0.6 is 23.7 Å². The van der Waals surface area contributed by atoms with Gasteiger partial charge in [-0.25, -0.2) is 9.78 Å². The predicted octanol–water partition coefficient (Wildman–Crippen LogP) is 4.39. The Labute approximate surface area is 196 Å². The molecule has 0 radical (unpaired) electrons. The van der Waals surface area contributed by atoms with Gasteiger partial charge in [-0.05, 0) is 49.2 Å². The second-order valence-electron chi connectivity index (χ2n) is 7.81. The Balaban J connectivity index is 0.00000245. The Morgan fingerprint density at radius 2 is 1.94 bits per heavy atom. The van der Waals surface area contributed by atoms with Crippen LogP contribution in [-0.2, 0) is 11.2 Å². The summed E-state index contributed by atoms with van der Waals surface area (Å²) in [5.41, 5.74) is 10.3. The Kier molecular flexibility index (Phi) is 6.95. The lowest BCUT2D eigenvalue weighted by molar-refractivity contribution is 0.0375. The quantitative estimate of drug-likeness (QED) is 0.436. The molecule has 0 bridgehead atoms.